The number of nitrogens with zero attached hydrogens (tertiary/aromatic N) is 1. The van der Waals surface area contributed by atoms with E-state index in [0.29, 0.717) is 12.1 Å². The number of nitrogens with two attached hydrogens (primary N) is 1. The molecular weight excluding hydrogens is 259 g/mol. The molecule has 1 aliphatic rings. The van der Waals surface area contributed by atoms with Gasteiger partial charge in [-0.1, -0.05) is 0 Å². The molecule has 1 saturated carbocycles. The average Bonchev–Trinajstić information content (AvgIpc) is 3.15. The monoisotopic (exact) mass is 274 g/mol. The first-order chi connectivity index (χ1) is 9.65. The molecule has 5 heteroatoms. The largest absolute Gasteiger partial charge is 0.467 e. The predicted molar refractivity (Wildman–Crippen MR) is 72.4 cm³/mol. The number of carbonyl (C=O) groups is 1. The van der Waals surface area contributed by atoms with Gasteiger partial charge in [0.05, 0.1) is 18.5 Å². The zero-order chi connectivity index (χ0) is 14.1. The summed E-state index contributed by atoms with van der Waals surface area (Å²) in [7, 11) is 0. The average molecular weight is 274 g/mol. The Hall–Kier alpha value is -2.30. The van der Waals surface area contributed by atoms with E-state index in [4.69, 9.17) is 10.2 Å². The minimum Gasteiger partial charge on any atom is -0.467 e. The zero-order valence-corrected chi connectivity index (χ0v) is 10.9. The standard InChI is InChI=1S/C15H15FN2O2/c16-13-6-3-10(8-14(13)17)15(19)18(11-4-5-11)9-12-2-1-7-20-12/h1-3,6-8,11H,4-5,9,17H2. The molecule has 0 spiro atoms. The van der Waals surface area contributed by atoms with Crippen LogP contribution in [0.4, 0.5) is 10.1 Å². The number of rotatable bonds is 4. The van der Waals surface area contributed by atoms with Crippen molar-refractivity contribution in [3.05, 3.63) is 53.7 Å². The van der Waals surface area contributed by atoms with Crippen LogP contribution in [0.2, 0.25) is 0 Å². The molecule has 1 aliphatic carbocycles. The van der Waals surface area contributed by atoms with Crippen LogP contribution >= 0.6 is 0 Å². The molecule has 0 bridgehead atoms. The van der Waals surface area contributed by atoms with Crippen LogP contribution in [-0.4, -0.2) is 16.8 Å². The fourth-order valence-corrected chi connectivity index (χ4v) is 2.17. The van der Waals surface area contributed by atoms with Crippen LogP contribution in [0, 0.1) is 5.82 Å². The number of hydrogen-bond acceptors (Lipinski definition) is 3. The van der Waals surface area contributed by atoms with E-state index in [0.717, 1.165) is 18.6 Å². The maximum Gasteiger partial charge on any atom is 0.254 e. The normalized spacial score (nSPS) is 14.2. The summed E-state index contributed by atoms with van der Waals surface area (Å²) in [5.41, 5.74) is 5.92. The van der Waals surface area contributed by atoms with E-state index in [9.17, 15) is 9.18 Å². The first-order valence-corrected chi connectivity index (χ1v) is 6.53. The van der Waals surface area contributed by atoms with Gasteiger partial charge in [0.25, 0.3) is 5.91 Å². The highest BCUT2D eigenvalue weighted by Crippen LogP contribution is 2.30. The highest BCUT2D eigenvalue weighted by molar-refractivity contribution is 5.95. The van der Waals surface area contributed by atoms with Gasteiger partial charge >= 0.3 is 0 Å². The summed E-state index contributed by atoms with van der Waals surface area (Å²) in [6.45, 7) is 0.424. The summed E-state index contributed by atoms with van der Waals surface area (Å²) in [5.74, 6) is 0.0847. The SMILES string of the molecule is Nc1cc(C(=O)N(Cc2ccco2)C2CC2)ccc1F. The quantitative estimate of drug-likeness (QED) is 0.872. The maximum atomic E-state index is 13.2. The van der Waals surface area contributed by atoms with Crippen molar-refractivity contribution in [2.75, 3.05) is 5.73 Å². The lowest BCUT2D eigenvalue weighted by Gasteiger charge is -2.21. The Labute approximate surface area is 116 Å². The molecule has 1 aromatic heterocycles. The lowest BCUT2D eigenvalue weighted by Crippen LogP contribution is -2.32. The molecule has 0 atom stereocenters. The summed E-state index contributed by atoms with van der Waals surface area (Å²) in [5, 5.41) is 0. The molecule has 2 aromatic rings. The topological polar surface area (TPSA) is 59.5 Å². The van der Waals surface area contributed by atoms with Crippen molar-refractivity contribution in [1.29, 1.82) is 0 Å². The Bertz CT molecular complexity index is 621. The Morgan fingerprint density at radius 2 is 2.20 bits per heavy atom. The molecule has 1 amide bonds. The van der Waals surface area contributed by atoms with Crippen LogP contribution in [0.5, 0.6) is 0 Å². The van der Waals surface area contributed by atoms with Gasteiger partial charge in [-0.25, -0.2) is 4.39 Å². The number of furan rings is 1. The molecule has 0 unspecified atom stereocenters. The third-order valence-corrected chi connectivity index (χ3v) is 3.40. The second-order valence-corrected chi connectivity index (χ2v) is 4.98. The molecule has 1 aromatic carbocycles. The highest BCUT2D eigenvalue weighted by atomic mass is 19.1. The molecule has 3 rings (SSSR count). The van der Waals surface area contributed by atoms with Crippen LogP contribution in [-0.2, 0) is 6.54 Å². The fraction of sp³-hybridized carbons (Fsp3) is 0.267. The third-order valence-electron chi connectivity index (χ3n) is 3.40. The van der Waals surface area contributed by atoms with Crippen molar-refractivity contribution >= 4 is 11.6 Å². The van der Waals surface area contributed by atoms with E-state index in [1.54, 1.807) is 17.2 Å². The Kier molecular flexibility index (Phi) is 3.18. The van der Waals surface area contributed by atoms with E-state index in [-0.39, 0.29) is 17.6 Å². The Morgan fingerprint density at radius 3 is 2.80 bits per heavy atom. The van der Waals surface area contributed by atoms with Crippen molar-refractivity contribution in [3.8, 4) is 0 Å². The molecular formula is C15H15FN2O2. The molecule has 1 heterocycles. The van der Waals surface area contributed by atoms with Crippen molar-refractivity contribution in [2.45, 2.75) is 25.4 Å². The first kappa shape index (κ1) is 12.7. The predicted octanol–water partition coefficient (Wildman–Crippen LogP) is 2.81. The maximum absolute atomic E-state index is 13.2. The molecule has 104 valence electrons. The van der Waals surface area contributed by atoms with E-state index < -0.39 is 5.82 Å². The zero-order valence-electron chi connectivity index (χ0n) is 10.9. The summed E-state index contributed by atoms with van der Waals surface area (Å²) >= 11 is 0. The van der Waals surface area contributed by atoms with Crippen LogP contribution in [0.1, 0.15) is 29.0 Å². The van der Waals surface area contributed by atoms with Crippen molar-refractivity contribution < 1.29 is 13.6 Å². The van der Waals surface area contributed by atoms with Gasteiger partial charge in [0.2, 0.25) is 0 Å². The van der Waals surface area contributed by atoms with Crippen LogP contribution in [0.15, 0.2) is 41.0 Å². The number of benzene rings is 1. The minimum atomic E-state index is -0.509. The summed E-state index contributed by atoms with van der Waals surface area (Å²) in [4.78, 5) is 14.3. The molecule has 1 fully saturated rings. The first-order valence-electron chi connectivity index (χ1n) is 6.53. The van der Waals surface area contributed by atoms with Crippen molar-refractivity contribution in [1.82, 2.24) is 4.90 Å². The number of anilines is 1. The van der Waals surface area contributed by atoms with Gasteiger partial charge < -0.3 is 15.1 Å². The van der Waals surface area contributed by atoms with Gasteiger partial charge in [0.1, 0.15) is 11.6 Å². The molecule has 2 N–H and O–H groups in total. The number of halogens is 1. The summed E-state index contributed by atoms with van der Waals surface area (Å²) in [6, 6.07) is 7.93. The molecule has 0 radical (unpaired) electrons. The number of hydrogen-bond donors (Lipinski definition) is 1. The second kappa shape index (κ2) is 5.00. The van der Waals surface area contributed by atoms with Gasteiger partial charge in [0, 0.05) is 11.6 Å². The van der Waals surface area contributed by atoms with E-state index >= 15 is 0 Å². The minimum absolute atomic E-state index is 0.00963. The summed E-state index contributed by atoms with van der Waals surface area (Å²) in [6.07, 6.45) is 3.56. The lowest BCUT2D eigenvalue weighted by molar-refractivity contribution is 0.0717. The Morgan fingerprint density at radius 1 is 1.40 bits per heavy atom. The van der Waals surface area contributed by atoms with Crippen molar-refractivity contribution in [3.63, 3.8) is 0 Å². The van der Waals surface area contributed by atoms with Crippen LogP contribution in [0.25, 0.3) is 0 Å². The Balaban J connectivity index is 1.83. The molecule has 0 aliphatic heterocycles. The van der Waals surface area contributed by atoms with E-state index in [1.807, 2.05) is 6.07 Å². The third kappa shape index (κ3) is 2.52. The number of amides is 1. The number of carbonyl (C=O) groups excluding carboxylic acids is 1. The molecule has 0 saturated heterocycles. The highest BCUT2D eigenvalue weighted by Gasteiger charge is 2.33. The van der Waals surface area contributed by atoms with E-state index in [1.165, 1.54) is 18.2 Å². The molecule has 4 nitrogen and oxygen atoms in total. The lowest BCUT2D eigenvalue weighted by atomic mass is 10.1. The van der Waals surface area contributed by atoms with Gasteiger partial charge in [-0.3, -0.25) is 4.79 Å². The summed E-state index contributed by atoms with van der Waals surface area (Å²) < 4.78 is 18.5. The smallest absolute Gasteiger partial charge is 0.254 e. The van der Waals surface area contributed by atoms with Gasteiger partial charge in [-0.2, -0.15) is 0 Å². The molecule has 20 heavy (non-hydrogen) atoms. The van der Waals surface area contributed by atoms with Crippen LogP contribution < -0.4 is 5.73 Å². The van der Waals surface area contributed by atoms with Gasteiger partial charge in [-0.15, -0.1) is 0 Å². The van der Waals surface area contributed by atoms with Crippen LogP contribution in [0.3, 0.4) is 0 Å². The van der Waals surface area contributed by atoms with Gasteiger partial charge in [0.15, 0.2) is 0 Å². The van der Waals surface area contributed by atoms with Crippen molar-refractivity contribution in [2.24, 2.45) is 0 Å². The second-order valence-electron chi connectivity index (χ2n) is 4.98. The number of nitrogen functional groups attached to an aromatic ring is 1. The van der Waals surface area contributed by atoms with Gasteiger partial charge in [-0.05, 0) is 43.2 Å². The van der Waals surface area contributed by atoms with E-state index in [2.05, 4.69) is 0 Å². The fourth-order valence-electron chi connectivity index (χ4n) is 2.17.